The second-order valence-electron chi connectivity index (χ2n) is 3.40. The largest absolute Gasteiger partial charge is 0.356 e. The first-order valence-corrected chi connectivity index (χ1v) is 6.03. The van der Waals surface area contributed by atoms with Crippen LogP contribution in [0.25, 0.3) is 4.96 Å². The van der Waals surface area contributed by atoms with Crippen LogP contribution < -0.4 is 5.32 Å². The fourth-order valence-electron chi connectivity index (χ4n) is 1.33. The maximum Gasteiger partial charge on any atom is 0.234 e. The Bertz CT molecular complexity index is 448. The molecule has 6 nitrogen and oxygen atoms in total. The number of rotatable bonds is 5. The third kappa shape index (κ3) is 2.54. The molecule has 0 fully saturated rings. The lowest BCUT2D eigenvalue weighted by atomic mass is 10.3. The highest BCUT2D eigenvalue weighted by Gasteiger charge is 2.05. The van der Waals surface area contributed by atoms with Crippen LogP contribution in [-0.2, 0) is 11.2 Å². The molecule has 0 spiro atoms. The van der Waals surface area contributed by atoms with Gasteiger partial charge in [-0.3, -0.25) is 4.79 Å². The average Bonchev–Trinajstić information content (AvgIpc) is 2.78. The molecule has 2 aromatic heterocycles. The lowest BCUT2D eigenvalue weighted by Gasteiger charge is -2.01. The van der Waals surface area contributed by atoms with Gasteiger partial charge in [-0.15, -0.1) is 10.2 Å². The minimum absolute atomic E-state index is 0.102. The zero-order valence-corrected chi connectivity index (χ0v) is 9.83. The van der Waals surface area contributed by atoms with E-state index in [0.717, 1.165) is 22.8 Å². The summed E-state index contributed by atoms with van der Waals surface area (Å²) in [6, 6.07) is 0. The Morgan fingerprint density at radius 2 is 2.50 bits per heavy atom. The van der Waals surface area contributed by atoms with Gasteiger partial charge in [-0.05, 0) is 6.42 Å². The number of hydrogen-bond acceptors (Lipinski definition) is 5. The van der Waals surface area contributed by atoms with Crippen LogP contribution in [0.2, 0.25) is 0 Å². The predicted octanol–water partition coefficient (Wildman–Crippen LogP) is 0.645. The van der Waals surface area contributed by atoms with Crippen LogP contribution >= 0.6 is 11.3 Å². The van der Waals surface area contributed by atoms with E-state index in [1.807, 2.05) is 6.92 Å². The molecule has 86 valence electrons. The third-order valence-corrected chi connectivity index (χ3v) is 3.04. The van der Waals surface area contributed by atoms with Gasteiger partial charge in [-0.1, -0.05) is 18.3 Å². The molecule has 0 bridgehead atoms. The maximum atomic E-state index is 11.2. The Balaban J connectivity index is 1.82. The number of amides is 1. The van der Waals surface area contributed by atoms with E-state index in [2.05, 4.69) is 20.6 Å². The van der Waals surface area contributed by atoms with Crippen LogP contribution in [-0.4, -0.2) is 32.3 Å². The molecule has 7 heteroatoms. The van der Waals surface area contributed by atoms with Gasteiger partial charge in [0.2, 0.25) is 10.9 Å². The van der Waals surface area contributed by atoms with E-state index in [4.69, 9.17) is 0 Å². The molecule has 0 unspecified atom stereocenters. The minimum atomic E-state index is 0.102. The Kier molecular flexibility index (Phi) is 3.45. The first-order chi connectivity index (χ1) is 7.79. The summed E-state index contributed by atoms with van der Waals surface area (Å²) in [6.07, 6.45) is 3.78. The fraction of sp³-hybridized carbons (Fsp3) is 0.556. The predicted molar refractivity (Wildman–Crippen MR) is 60.3 cm³/mol. The third-order valence-electron chi connectivity index (χ3n) is 2.07. The van der Waals surface area contributed by atoms with Gasteiger partial charge in [0.15, 0.2) is 0 Å². The van der Waals surface area contributed by atoms with Gasteiger partial charge in [0, 0.05) is 19.4 Å². The molecule has 0 aromatic carbocycles. The van der Waals surface area contributed by atoms with Crippen LogP contribution in [0.5, 0.6) is 0 Å². The first-order valence-electron chi connectivity index (χ1n) is 5.22. The van der Waals surface area contributed by atoms with E-state index in [9.17, 15) is 4.79 Å². The number of nitrogens with zero attached hydrogens (tertiary/aromatic N) is 4. The first kappa shape index (κ1) is 11.0. The summed E-state index contributed by atoms with van der Waals surface area (Å²) in [4.78, 5) is 12.0. The SMILES string of the molecule is CCCC(=O)NCCc1nn2cnnc2s1. The van der Waals surface area contributed by atoms with Crippen molar-refractivity contribution in [3.8, 4) is 0 Å². The number of carbonyl (C=O) groups is 1. The lowest BCUT2D eigenvalue weighted by molar-refractivity contribution is -0.121. The van der Waals surface area contributed by atoms with Gasteiger partial charge >= 0.3 is 0 Å². The molecule has 1 amide bonds. The molecule has 0 aliphatic heterocycles. The number of nitrogens with one attached hydrogen (secondary N) is 1. The van der Waals surface area contributed by atoms with Gasteiger partial charge in [-0.2, -0.15) is 9.61 Å². The molecule has 0 saturated heterocycles. The highest BCUT2D eigenvalue weighted by molar-refractivity contribution is 7.16. The van der Waals surface area contributed by atoms with Gasteiger partial charge < -0.3 is 5.32 Å². The molecule has 0 radical (unpaired) electrons. The number of fused-ring (bicyclic) bond motifs is 1. The molecule has 2 aromatic rings. The Labute approximate surface area is 96.7 Å². The van der Waals surface area contributed by atoms with E-state index in [-0.39, 0.29) is 5.91 Å². The zero-order chi connectivity index (χ0) is 11.4. The maximum absolute atomic E-state index is 11.2. The molecular formula is C9H13N5OS. The molecule has 16 heavy (non-hydrogen) atoms. The smallest absolute Gasteiger partial charge is 0.234 e. The molecule has 0 saturated carbocycles. The monoisotopic (exact) mass is 239 g/mol. The average molecular weight is 239 g/mol. The number of hydrogen-bond donors (Lipinski definition) is 1. The molecule has 0 atom stereocenters. The zero-order valence-electron chi connectivity index (χ0n) is 9.01. The molecule has 2 rings (SSSR count). The van der Waals surface area contributed by atoms with Crippen molar-refractivity contribution in [3.05, 3.63) is 11.3 Å². The molecule has 0 aliphatic rings. The van der Waals surface area contributed by atoms with Crippen molar-refractivity contribution in [1.29, 1.82) is 0 Å². The van der Waals surface area contributed by atoms with Crippen molar-refractivity contribution in [3.63, 3.8) is 0 Å². The number of aromatic nitrogens is 4. The van der Waals surface area contributed by atoms with Gasteiger partial charge in [-0.25, -0.2) is 0 Å². The summed E-state index contributed by atoms with van der Waals surface area (Å²) >= 11 is 1.50. The quantitative estimate of drug-likeness (QED) is 0.831. The second-order valence-corrected chi connectivity index (χ2v) is 4.44. The standard InChI is InChI=1S/C9H13N5OS/c1-2-3-7(15)10-5-4-8-13-14-6-11-12-9(14)16-8/h6H,2-5H2,1H3,(H,10,15). The Morgan fingerprint density at radius 1 is 1.62 bits per heavy atom. The summed E-state index contributed by atoms with van der Waals surface area (Å²) in [6.45, 7) is 2.62. The van der Waals surface area contributed by atoms with Crippen LogP contribution in [0.15, 0.2) is 6.33 Å². The van der Waals surface area contributed by atoms with Crippen LogP contribution in [0.1, 0.15) is 24.8 Å². The van der Waals surface area contributed by atoms with Crippen molar-refractivity contribution < 1.29 is 4.79 Å². The van der Waals surface area contributed by atoms with Crippen molar-refractivity contribution in [2.45, 2.75) is 26.2 Å². The Hall–Kier alpha value is -1.50. The van der Waals surface area contributed by atoms with Crippen molar-refractivity contribution in [1.82, 2.24) is 25.1 Å². The van der Waals surface area contributed by atoms with Crippen molar-refractivity contribution in [2.24, 2.45) is 0 Å². The topological polar surface area (TPSA) is 72.2 Å². The van der Waals surface area contributed by atoms with E-state index < -0.39 is 0 Å². The summed E-state index contributed by atoms with van der Waals surface area (Å²) in [5.41, 5.74) is 0. The van der Waals surface area contributed by atoms with Gasteiger partial charge in [0.1, 0.15) is 11.3 Å². The van der Waals surface area contributed by atoms with E-state index >= 15 is 0 Å². The molecule has 1 N–H and O–H groups in total. The highest BCUT2D eigenvalue weighted by atomic mass is 32.1. The molecular weight excluding hydrogens is 226 g/mol. The summed E-state index contributed by atoms with van der Waals surface area (Å²) in [7, 11) is 0. The summed E-state index contributed by atoms with van der Waals surface area (Å²) in [5, 5.41) is 15.7. The highest BCUT2D eigenvalue weighted by Crippen LogP contribution is 2.11. The van der Waals surface area contributed by atoms with Crippen LogP contribution in [0.4, 0.5) is 0 Å². The van der Waals surface area contributed by atoms with E-state index in [1.165, 1.54) is 11.3 Å². The van der Waals surface area contributed by atoms with Gasteiger partial charge in [0.25, 0.3) is 0 Å². The fourth-order valence-corrected chi connectivity index (χ4v) is 2.14. The lowest BCUT2D eigenvalue weighted by Crippen LogP contribution is -2.25. The van der Waals surface area contributed by atoms with E-state index in [0.29, 0.717) is 13.0 Å². The molecule has 0 aliphatic carbocycles. The molecule has 2 heterocycles. The Morgan fingerprint density at radius 3 is 3.25 bits per heavy atom. The van der Waals surface area contributed by atoms with Crippen molar-refractivity contribution >= 4 is 22.2 Å². The minimum Gasteiger partial charge on any atom is -0.356 e. The summed E-state index contributed by atoms with van der Waals surface area (Å²) in [5.74, 6) is 0.102. The summed E-state index contributed by atoms with van der Waals surface area (Å²) < 4.78 is 1.65. The van der Waals surface area contributed by atoms with Crippen molar-refractivity contribution in [2.75, 3.05) is 6.54 Å². The van der Waals surface area contributed by atoms with Crippen LogP contribution in [0.3, 0.4) is 0 Å². The normalized spacial score (nSPS) is 10.8. The number of carbonyl (C=O) groups excluding carboxylic acids is 1. The van der Waals surface area contributed by atoms with E-state index in [1.54, 1.807) is 10.8 Å². The van der Waals surface area contributed by atoms with Crippen LogP contribution in [0, 0.1) is 0 Å². The van der Waals surface area contributed by atoms with Gasteiger partial charge in [0.05, 0.1) is 0 Å². The second kappa shape index (κ2) is 5.02.